The van der Waals surface area contributed by atoms with Gasteiger partial charge in [-0.1, -0.05) is 42.5 Å². The van der Waals surface area contributed by atoms with Crippen molar-refractivity contribution in [1.82, 2.24) is 4.90 Å². The van der Waals surface area contributed by atoms with Gasteiger partial charge in [-0.05, 0) is 35.3 Å². The molecule has 0 bridgehead atoms. The number of carbonyl (C=O) groups excluding carboxylic acids is 2. The smallest absolute Gasteiger partial charge is 0.416 e. The Balaban J connectivity index is 1.55. The van der Waals surface area contributed by atoms with Gasteiger partial charge < -0.3 is 9.64 Å². The molecule has 4 rings (SSSR count). The number of benzene rings is 2. The molecule has 2 aromatic carbocycles. The Morgan fingerprint density at radius 3 is 2.58 bits per heavy atom. The van der Waals surface area contributed by atoms with Crippen molar-refractivity contribution in [1.29, 1.82) is 0 Å². The largest absolute Gasteiger partial charge is 0.447 e. The molecule has 0 unspecified atom stereocenters. The molecule has 2 aliphatic heterocycles. The van der Waals surface area contributed by atoms with E-state index in [-0.39, 0.29) is 12.5 Å². The topological polar surface area (TPSA) is 49.9 Å². The summed E-state index contributed by atoms with van der Waals surface area (Å²) in [5.74, 6) is -0.341. The molecule has 5 nitrogen and oxygen atoms in total. The predicted octanol–water partition coefficient (Wildman–Crippen LogP) is 3.24. The lowest BCUT2D eigenvalue weighted by atomic mass is 9.98. The first-order valence-electron chi connectivity index (χ1n) is 8.79. The summed E-state index contributed by atoms with van der Waals surface area (Å²) in [7, 11) is 0. The van der Waals surface area contributed by atoms with Crippen LogP contribution >= 0.6 is 0 Å². The summed E-state index contributed by atoms with van der Waals surface area (Å²) >= 11 is 0. The zero-order valence-corrected chi connectivity index (χ0v) is 14.4. The van der Waals surface area contributed by atoms with Crippen molar-refractivity contribution in [2.75, 3.05) is 24.6 Å². The third-order valence-electron chi connectivity index (χ3n) is 4.84. The highest BCUT2D eigenvalue weighted by Gasteiger charge is 2.26. The van der Waals surface area contributed by atoms with Gasteiger partial charge in [0.2, 0.25) is 0 Å². The van der Waals surface area contributed by atoms with Crippen LogP contribution in [0.5, 0.6) is 0 Å². The van der Waals surface area contributed by atoms with Crippen molar-refractivity contribution >= 4 is 23.8 Å². The van der Waals surface area contributed by atoms with Crippen molar-refractivity contribution in [3.05, 3.63) is 71.3 Å². The quantitative estimate of drug-likeness (QED) is 0.799. The number of cyclic esters (lactones) is 1. The molecule has 132 valence electrons. The standard InChI is InChI=1S/C21H20N2O3/c24-20(23-13-14-26-21(23)25)10-9-17-6-3-4-8-19(17)22-12-11-16-5-1-2-7-18(16)15-22/h1-10H,11-15H2/b10-9+. The number of ether oxygens (including phenoxy) is 1. The van der Waals surface area contributed by atoms with E-state index < -0.39 is 6.09 Å². The SMILES string of the molecule is O=C(/C=C/c1ccccc1N1CCc2ccccc2C1)N1CCOC1=O. The molecule has 26 heavy (non-hydrogen) atoms. The van der Waals surface area contributed by atoms with Gasteiger partial charge in [0, 0.05) is 24.9 Å². The summed E-state index contributed by atoms with van der Waals surface area (Å²) in [5, 5.41) is 0. The maximum atomic E-state index is 12.2. The second kappa shape index (κ2) is 7.04. The first-order chi connectivity index (χ1) is 12.7. The lowest BCUT2D eigenvalue weighted by Crippen LogP contribution is -2.31. The minimum atomic E-state index is -0.569. The zero-order chi connectivity index (χ0) is 17.9. The molecule has 0 spiro atoms. The summed E-state index contributed by atoms with van der Waals surface area (Å²) < 4.78 is 4.81. The number of carbonyl (C=O) groups is 2. The number of fused-ring (bicyclic) bond motifs is 1. The highest BCUT2D eigenvalue weighted by Crippen LogP contribution is 2.28. The van der Waals surface area contributed by atoms with E-state index in [1.165, 1.54) is 17.2 Å². The number of para-hydroxylation sites is 1. The van der Waals surface area contributed by atoms with E-state index in [9.17, 15) is 9.59 Å². The fourth-order valence-corrected chi connectivity index (χ4v) is 3.46. The van der Waals surface area contributed by atoms with E-state index in [0.29, 0.717) is 6.54 Å². The average molecular weight is 348 g/mol. The molecule has 1 saturated heterocycles. The number of rotatable bonds is 3. The van der Waals surface area contributed by atoms with Crippen LogP contribution in [0.3, 0.4) is 0 Å². The Hall–Kier alpha value is -3.08. The molecule has 5 heteroatoms. The summed E-state index contributed by atoms with van der Waals surface area (Å²) in [5.41, 5.74) is 4.80. The lowest BCUT2D eigenvalue weighted by molar-refractivity contribution is -0.122. The highest BCUT2D eigenvalue weighted by atomic mass is 16.6. The average Bonchev–Trinajstić information content (AvgIpc) is 3.12. The van der Waals surface area contributed by atoms with Gasteiger partial charge in [-0.3, -0.25) is 4.79 Å². The lowest BCUT2D eigenvalue weighted by Gasteiger charge is -2.31. The fourth-order valence-electron chi connectivity index (χ4n) is 3.46. The molecular weight excluding hydrogens is 328 g/mol. The van der Waals surface area contributed by atoms with Crippen LogP contribution in [0.1, 0.15) is 16.7 Å². The van der Waals surface area contributed by atoms with Gasteiger partial charge >= 0.3 is 6.09 Å². The summed E-state index contributed by atoms with van der Waals surface area (Å²) in [4.78, 5) is 27.2. The normalized spacial score (nSPS) is 16.7. The van der Waals surface area contributed by atoms with E-state index in [0.717, 1.165) is 35.7 Å². The van der Waals surface area contributed by atoms with Crippen LogP contribution < -0.4 is 4.90 Å². The van der Waals surface area contributed by atoms with Crippen LogP contribution in [-0.2, 0) is 22.5 Å². The molecule has 0 aliphatic carbocycles. The second-order valence-electron chi connectivity index (χ2n) is 6.44. The van der Waals surface area contributed by atoms with E-state index in [2.05, 4.69) is 35.2 Å². The molecule has 1 fully saturated rings. The molecule has 0 saturated carbocycles. The van der Waals surface area contributed by atoms with E-state index in [4.69, 9.17) is 4.74 Å². The molecular formula is C21H20N2O3. The van der Waals surface area contributed by atoms with Crippen molar-refractivity contribution in [3.8, 4) is 0 Å². The third-order valence-corrected chi connectivity index (χ3v) is 4.84. The van der Waals surface area contributed by atoms with Crippen molar-refractivity contribution in [2.45, 2.75) is 13.0 Å². The molecule has 0 atom stereocenters. The minimum absolute atomic E-state index is 0.266. The predicted molar refractivity (Wildman–Crippen MR) is 99.7 cm³/mol. The number of amides is 2. The van der Waals surface area contributed by atoms with Gasteiger partial charge in [-0.25, -0.2) is 9.69 Å². The molecule has 2 aromatic rings. The second-order valence-corrected chi connectivity index (χ2v) is 6.44. The van der Waals surface area contributed by atoms with Gasteiger partial charge in [0.05, 0.1) is 6.54 Å². The number of hydrogen-bond donors (Lipinski definition) is 0. The minimum Gasteiger partial charge on any atom is -0.447 e. The Morgan fingerprint density at radius 1 is 1.00 bits per heavy atom. The van der Waals surface area contributed by atoms with E-state index in [1.807, 2.05) is 18.2 Å². The molecule has 0 radical (unpaired) electrons. The molecule has 0 aromatic heterocycles. The monoisotopic (exact) mass is 348 g/mol. The first-order valence-corrected chi connectivity index (χ1v) is 8.79. The van der Waals surface area contributed by atoms with Gasteiger partial charge in [-0.2, -0.15) is 0 Å². The maximum absolute atomic E-state index is 12.2. The van der Waals surface area contributed by atoms with Gasteiger partial charge in [-0.15, -0.1) is 0 Å². The zero-order valence-electron chi connectivity index (χ0n) is 14.4. The summed E-state index contributed by atoms with van der Waals surface area (Å²) in [6.45, 7) is 2.37. The summed E-state index contributed by atoms with van der Waals surface area (Å²) in [6, 6.07) is 16.5. The number of imide groups is 1. The van der Waals surface area contributed by atoms with Crippen LogP contribution in [0.15, 0.2) is 54.6 Å². The highest BCUT2D eigenvalue weighted by molar-refractivity contribution is 6.01. The maximum Gasteiger partial charge on any atom is 0.416 e. The van der Waals surface area contributed by atoms with Crippen molar-refractivity contribution < 1.29 is 14.3 Å². The summed E-state index contributed by atoms with van der Waals surface area (Å²) in [6.07, 6.45) is 3.67. The first kappa shape index (κ1) is 16.4. The van der Waals surface area contributed by atoms with Crippen molar-refractivity contribution in [3.63, 3.8) is 0 Å². The third kappa shape index (κ3) is 3.20. The molecule has 2 heterocycles. The Bertz CT molecular complexity index is 875. The molecule has 0 N–H and O–H groups in total. The van der Waals surface area contributed by atoms with Crippen LogP contribution in [-0.4, -0.2) is 36.6 Å². The Labute approximate surface area is 152 Å². The van der Waals surface area contributed by atoms with Crippen LogP contribution in [0.2, 0.25) is 0 Å². The van der Waals surface area contributed by atoms with Gasteiger partial charge in [0.25, 0.3) is 5.91 Å². The Kier molecular flexibility index (Phi) is 4.44. The van der Waals surface area contributed by atoms with E-state index in [1.54, 1.807) is 6.08 Å². The fraction of sp³-hybridized carbons (Fsp3) is 0.238. The van der Waals surface area contributed by atoms with Crippen LogP contribution in [0.4, 0.5) is 10.5 Å². The number of hydrogen-bond acceptors (Lipinski definition) is 4. The number of nitrogens with zero attached hydrogens (tertiary/aromatic N) is 2. The Morgan fingerprint density at radius 2 is 1.77 bits per heavy atom. The molecule has 2 amide bonds. The van der Waals surface area contributed by atoms with Gasteiger partial charge in [0.15, 0.2) is 0 Å². The van der Waals surface area contributed by atoms with Crippen LogP contribution in [0.25, 0.3) is 6.08 Å². The number of anilines is 1. The van der Waals surface area contributed by atoms with Crippen molar-refractivity contribution in [2.24, 2.45) is 0 Å². The van der Waals surface area contributed by atoms with E-state index >= 15 is 0 Å². The van der Waals surface area contributed by atoms with Gasteiger partial charge in [0.1, 0.15) is 6.61 Å². The molecule has 2 aliphatic rings. The van der Waals surface area contributed by atoms with Crippen LogP contribution in [0, 0.1) is 0 Å².